The van der Waals surface area contributed by atoms with E-state index in [1.807, 2.05) is 47.8 Å². The van der Waals surface area contributed by atoms with Gasteiger partial charge in [-0.15, -0.1) is 0 Å². The van der Waals surface area contributed by atoms with Crippen LogP contribution in [-0.4, -0.2) is 65.4 Å². The van der Waals surface area contributed by atoms with E-state index in [4.69, 9.17) is 0 Å². The quantitative estimate of drug-likeness (QED) is 0.912. The molecule has 0 bridgehead atoms. The van der Waals surface area contributed by atoms with Crippen molar-refractivity contribution in [1.29, 1.82) is 0 Å². The summed E-state index contributed by atoms with van der Waals surface area (Å²) in [6.45, 7) is 4.05. The molecule has 3 rings (SSSR count). The van der Waals surface area contributed by atoms with Gasteiger partial charge >= 0.3 is 0 Å². The van der Waals surface area contributed by atoms with E-state index in [0.29, 0.717) is 12.2 Å². The Morgan fingerprint density at radius 3 is 3.00 bits per heavy atom. The van der Waals surface area contributed by atoms with Gasteiger partial charge < -0.3 is 19.5 Å². The van der Waals surface area contributed by atoms with Crippen LogP contribution in [0.3, 0.4) is 0 Å². The molecule has 0 aliphatic carbocycles. The normalized spacial score (nSPS) is 16.2. The molecule has 0 saturated carbocycles. The number of carbonyl (C=O) groups is 1. The lowest BCUT2D eigenvalue weighted by molar-refractivity contribution is 0.0759. The van der Waals surface area contributed by atoms with Gasteiger partial charge in [-0.2, -0.15) is 0 Å². The van der Waals surface area contributed by atoms with E-state index in [-0.39, 0.29) is 5.91 Å². The first-order valence-corrected chi connectivity index (χ1v) is 7.77. The second-order valence-corrected chi connectivity index (χ2v) is 5.97. The molecule has 0 spiro atoms. The summed E-state index contributed by atoms with van der Waals surface area (Å²) < 4.78 is 2.02. The van der Waals surface area contributed by atoms with Crippen LogP contribution in [0.25, 0.3) is 5.65 Å². The lowest BCUT2D eigenvalue weighted by atomic mass is 10.2. The molecule has 2 aromatic heterocycles. The molecule has 2 aromatic rings. The standard InChI is InChI=1S/C16H23N5O/c1-19(2)12-13-15(18-14-6-3-4-10-21(13)14)16(22)20-9-5-7-17-8-11-20/h3-4,6,10,17H,5,7-9,11-12H2,1-2H3. The van der Waals surface area contributed by atoms with Crippen molar-refractivity contribution >= 4 is 11.6 Å². The van der Waals surface area contributed by atoms with Gasteiger partial charge in [-0.25, -0.2) is 4.98 Å². The van der Waals surface area contributed by atoms with E-state index < -0.39 is 0 Å². The molecule has 1 aliphatic rings. The minimum absolute atomic E-state index is 0.0456. The summed E-state index contributed by atoms with van der Waals surface area (Å²) in [5.41, 5.74) is 2.38. The SMILES string of the molecule is CN(C)Cc1c(C(=O)N2CCCNCC2)nc2ccccn12. The molecule has 3 heterocycles. The first kappa shape index (κ1) is 15.0. The van der Waals surface area contributed by atoms with Gasteiger partial charge in [-0.3, -0.25) is 4.79 Å². The summed E-state index contributed by atoms with van der Waals surface area (Å²) >= 11 is 0. The summed E-state index contributed by atoms with van der Waals surface area (Å²) in [6.07, 6.45) is 2.96. The van der Waals surface area contributed by atoms with Crippen molar-refractivity contribution in [2.45, 2.75) is 13.0 Å². The van der Waals surface area contributed by atoms with Crippen LogP contribution in [-0.2, 0) is 6.54 Å². The smallest absolute Gasteiger partial charge is 0.274 e. The summed E-state index contributed by atoms with van der Waals surface area (Å²) in [6, 6.07) is 5.86. The van der Waals surface area contributed by atoms with Crippen molar-refractivity contribution in [3.05, 3.63) is 35.8 Å². The third kappa shape index (κ3) is 2.98. The summed E-state index contributed by atoms with van der Waals surface area (Å²) in [7, 11) is 4.01. The molecule has 0 unspecified atom stereocenters. The third-order valence-electron chi connectivity index (χ3n) is 3.92. The predicted octanol–water partition coefficient (Wildman–Crippen LogP) is 0.831. The van der Waals surface area contributed by atoms with Crippen LogP contribution in [0.4, 0.5) is 0 Å². The Bertz CT molecular complexity index is 656. The van der Waals surface area contributed by atoms with Crippen LogP contribution in [0.1, 0.15) is 22.6 Å². The van der Waals surface area contributed by atoms with Gasteiger partial charge in [-0.1, -0.05) is 6.07 Å². The number of nitrogens with zero attached hydrogens (tertiary/aromatic N) is 4. The molecule has 0 radical (unpaired) electrons. The highest BCUT2D eigenvalue weighted by Crippen LogP contribution is 2.16. The van der Waals surface area contributed by atoms with Crippen molar-refractivity contribution in [3.8, 4) is 0 Å². The Labute approximate surface area is 130 Å². The zero-order valence-corrected chi connectivity index (χ0v) is 13.2. The molecule has 1 N–H and O–H groups in total. The number of rotatable bonds is 3. The number of fused-ring (bicyclic) bond motifs is 1. The van der Waals surface area contributed by atoms with Crippen LogP contribution in [0.15, 0.2) is 24.4 Å². The molecule has 1 saturated heterocycles. The highest BCUT2D eigenvalue weighted by atomic mass is 16.2. The van der Waals surface area contributed by atoms with Gasteiger partial charge in [0.05, 0.1) is 5.69 Å². The molecular weight excluding hydrogens is 278 g/mol. The Balaban J connectivity index is 1.99. The van der Waals surface area contributed by atoms with Gasteiger partial charge in [0.2, 0.25) is 0 Å². The van der Waals surface area contributed by atoms with Gasteiger partial charge in [0.25, 0.3) is 5.91 Å². The molecule has 6 heteroatoms. The van der Waals surface area contributed by atoms with Crippen LogP contribution < -0.4 is 5.32 Å². The average molecular weight is 301 g/mol. The number of hydrogen-bond acceptors (Lipinski definition) is 4. The second kappa shape index (κ2) is 6.46. The summed E-state index contributed by atoms with van der Waals surface area (Å²) in [5.74, 6) is 0.0456. The third-order valence-corrected chi connectivity index (χ3v) is 3.92. The van der Waals surface area contributed by atoms with Gasteiger partial charge in [-0.05, 0) is 39.2 Å². The van der Waals surface area contributed by atoms with Gasteiger partial charge in [0.1, 0.15) is 5.65 Å². The van der Waals surface area contributed by atoms with E-state index in [1.165, 1.54) is 0 Å². The summed E-state index contributed by atoms with van der Waals surface area (Å²) in [4.78, 5) is 21.5. The minimum atomic E-state index is 0.0456. The van der Waals surface area contributed by atoms with Crippen LogP contribution in [0.5, 0.6) is 0 Å². The second-order valence-electron chi connectivity index (χ2n) is 5.97. The molecule has 1 aliphatic heterocycles. The number of hydrogen-bond donors (Lipinski definition) is 1. The van der Waals surface area contributed by atoms with Crippen molar-refractivity contribution in [2.75, 3.05) is 40.3 Å². The number of imidazole rings is 1. The highest BCUT2D eigenvalue weighted by molar-refractivity contribution is 5.94. The molecule has 1 fully saturated rings. The van der Waals surface area contributed by atoms with Gasteiger partial charge in [0.15, 0.2) is 5.69 Å². The highest BCUT2D eigenvalue weighted by Gasteiger charge is 2.24. The minimum Gasteiger partial charge on any atom is -0.336 e. The van der Waals surface area contributed by atoms with Crippen molar-refractivity contribution in [2.24, 2.45) is 0 Å². The molecule has 22 heavy (non-hydrogen) atoms. The molecule has 0 atom stereocenters. The van der Waals surface area contributed by atoms with Crippen molar-refractivity contribution in [1.82, 2.24) is 24.5 Å². The fourth-order valence-electron chi connectivity index (χ4n) is 2.87. The van der Waals surface area contributed by atoms with Crippen LogP contribution in [0.2, 0.25) is 0 Å². The number of carbonyl (C=O) groups excluding carboxylic acids is 1. The first-order chi connectivity index (χ1) is 10.7. The van der Waals surface area contributed by atoms with Gasteiger partial charge in [0, 0.05) is 32.4 Å². The zero-order chi connectivity index (χ0) is 15.5. The molecule has 6 nitrogen and oxygen atoms in total. The fourth-order valence-corrected chi connectivity index (χ4v) is 2.87. The summed E-state index contributed by atoms with van der Waals surface area (Å²) in [5, 5.41) is 3.33. The number of amides is 1. The Morgan fingerprint density at radius 2 is 2.18 bits per heavy atom. The Morgan fingerprint density at radius 1 is 1.32 bits per heavy atom. The fraction of sp³-hybridized carbons (Fsp3) is 0.500. The largest absolute Gasteiger partial charge is 0.336 e. The molecular formula is C16H23N5O. The van der Waals surface area contributed by atoms with E-state index in [0.717, 1.165) is 43.9 Å². The average Bonchev–Trinajstić information content (AvgIpc) is 2.70. The number of nitrogens with one attached hydrogen (secondary N) is 1. The zero-order valence-electron chi connectivity index (χ0n) is 13.2. The van der Waals surface area contributed by atoms with Crippen molar-refractivity contribution < 1.29 is 4.79 Å². The maximum absolute atomic E-state index is 12.9. The van der Waals surface area contributed by atoms with Crippen LogP contribution >= 0.6 is 0 Å². The van der Waals surface area contributed by atoms with E-state index >= 15 is 0 Å². The predicted molar refractivity (Wildman–Crippen MR) is 86.0 cm³/mol. The maximum atomic E-state index is 12.9. The maximum Gasteiger partial charge on any atom is 0.274 e. The Hall–Kier alpha value is -1.92. The Kier molecular flexibility index (Phi) is 4.40. The van der Waals surface area contributed by atoms with Crippen LogP contribution in [0, 0.1) is 0 Å². The van der Waals surface area contributed by atoms with E-state index in [9.17, 15) is 4.79 Å². The number of aromatic nitrogens is 2. The molecule has 0 aromatic carbocycles. The molecule has 1 amide bonds. The van der Waals surface area contributed by atoms with Crippen molar-refractivity contribution in [3.63, 3.8) is 0 Å². The van der Waals surface area contributed by atoms with E-state index in [1.54, 1.807) is 0 Å². The first-order valence-electron chi connectivity index (χ1n) is 7.77. The monoisotopic (exact) mass is 301 g/mol. The lowest BCUT2D eigenvalue weighted by Gasteiger charge is -2.20. The molecule has 118 valence electrons. The van der Waals surface area contributed by atoms with E-state index in [2.05, 4.69) is 15.2 Å². The lowest BCUT2D eigenvalue weighted by Crippen LogP contribution is -2.35. The topological polar surface area (TPSA) is 52.9 Å². The number of pyridine rings is 1.